The summed E-state index contributed by atoms with van der Waals surface area (Å²) in [6.45, 7) is 3.59. The number of nitrogens with one attached hydrogen (secondary N) is 2. The lowest BCUT2D eigenvalue weighted by Gasteiger charge is -2.19. The van der Waals surface area contributed by atoms with Crippen molar-refractivity contribution in [2.75, 3.05) is 40.0 Å². The Hall–Kier alpha value is -1.53. The molecule has 0 unspecified atom stereocenters. The fraction of sp³-hybridized carbons (Fsp3) is 0.533. The van der Waals surface area contributed by atoms with Gasteiger partial charge in [0, 0.05) is 26.8 Å². The average molecular weight is 310 g/mol. The zero-order valence-electron chi connectivity index (χ0n) is 12.3. The Bertz CT molecular complexity index is 468. The van der Waals surface area contributed by atoms with Crippen LogP contribution in [0.25, 0.3) is 0 Å². The fourth-order valence-corrected chi connectivity index (χ4v) is 2.25. The van der Waals surface area contributed by atoms with Crippen LogP contribution in [-0.2, 0) is 11.2 Å². The summed E-state index contributed by atoms with van der Waals surface area (Å²) in [7, 11) is 1.70. The molecule has 0 saturated carbocycles. The summed E-state index contributed by atoms with van der Waals surface area (Å²) >= 11 is 5.21. The number of thiocarbonyl (C=S) groups is 1. The van der Waals surface area contributed by atoms with Gasteiger partial charge in [0.15, 0.2) is 16.6 Å². The number of ether oxygens (including phenoxy) is 3. The lowest BCUT2D eigenvalue weighted by Crippen LogP contribution is -2.37. The van der Waals surface area contributed by atoms with E-state index in [0.29, 0.717) is 18.3 Å². The molecule has 2 N–H and O–H groups in total. The molecule has 21 heavy (non-hydrogen) atoms. The second-order valence-corrected chi connectivity index (χ2v) is 5.17. The summed E-state index contributed by atoms with van der Waals surface area (Å²) in [5.41, 5.74) is 1.20. The minimum atomic E-state index is 0.615. The first-order valence-electron chi connectivity index (χ1n) is 7.19. The number of hydrogen-bond donors (Lipinski definition) is 2. The Morgan fingerprint density at radius 2 is 1.95 bits per heavy atom. The van der Waals surface area contributed by atoms with Gasteiger partial charge in [0.2, 0.25) is 0 Å². The van der Waals surface area contributed by atoms with Gasteiger partial charge in [-0.1, -0.05) is 6.07 Å². The van der Waals surface area contributed by atoms with Crippen molar-refractivity contribution in [3.63, 3.8) is 0 Å². The van der Waals surface area contributed by atoms with Crippen molar-refractivity contribution < 1.29 is 14.2 Å². The van der Waals surface area contributed by atoms with Gasteiger partial charge in [0.25, 0.3) is 0 Å². The van der Waals surface area contributed by atoms with E-state index >= 15 is 0 Å². The molecule has 0 amide bonds. The van der Waals surface area contributed by atoms with Gasteiger partial charge in [-0.2, -0.15) is 0 Å². The third-order valence-corrected chi connectivity index (χ3v) is 3.41. The van der Waals surface area contributed by atoms with Crippen molar-refractivity contribution in [2.24, 2.45) is 0 Å². The molecule has 1 aliphatic heterocycles. The first-order chi connectivity index (χ1) is 10.3. The van der Waals surface area contributed by atoms with E-state index in [0.717, 1.165) is 44.0 Å². The predicted octanol–water partition coefficient (Wildman–Crippen LogP) is 1.50. The first-order valence-corrected chi connectivity index (χ1v) is 7.59. The molecule has 0 atom stereocenters. The van der Waals surface area contributed by atoms with E-state index in [1.165, 1.54) is 5.56 Å². The normalized spacial score (nSPS) is 12.8. The maximum absolute atomic E-state index is 5.57. The fourth-order valence-electron chi connectivity index (χ4n) is 2.04. The van der Waals surface area contributed by atoms with Gasteiger partial charge in [-0.05, 0) is 42.8 Å². The molecule has 0 spiro atoms. The molecule has 6 heteroatoms. The average Bonchev–Trinajstić information content (AvgIpc) is 2.51. The highest BCUT2D eigenvalue weighted by Gasteiger charge is 2.11. The molecule has 1 aliphatic rings. The molecule has 0 radical (unpaired) electrons. The van der Waals surface area contributed by atoms with Gasteiger partial charge in [0.1, 0.15) is 13.2 Å². The van der Waals surface area contributed by atoms with Gasteiger partial charge in [-0.25, -0.2) is 0 Å². The Morgan fingerprint density at radius 1 is 1.19 bits per heavy atom. The van der Waals surface area contributed by atoms with Crippen molar-refractivity contribution >= 4 is 17.3 Å². The highest BCUT2D eigenvalue weighted by Crippen LogP contribution is 2.30. The molecule has 1 heterocycles. The van der Waals surface area contributed by atoms with Crippen molar-refractivity contribution in [3.8, 4) is 11.5 Å². The van der Waals surface area contributed by atoms with Crippen LogP contribution in [0.5, 0.6) is 11.5 Å². The maximum Gasteiger partial charge on any atom is 0.166 e. The Kier molecular flexibility index (Phi) is 6.56. The van der Waals surface area contributed by atoms with Crippen LogP contribution >= 0.6 is 12.2 Å². The van der Waals surface area contributed by atoms with E-state index in [1.807, 2.05) is 12.1 Å². The van der Waals surface area contributed by atoms with Crippen LogP contribution in [0.4, 0.5) is 0 Å². The van der Waals surface area contributed by atoms with E-state index in [2.05, 4.69) is 16.7 Å². The summed E-state index contributed by atoms with van der Waals surface area (Å²) in [5, 5.41) is 7.03. The van der Waals surface area contributed by atoms with Gasteiger partial charge < -0.3 is 24.8 Å². The van der Waals surface area contributed by atoms with Crippen LogP contribution in [0.1, 0.15) is 12.0 Å². The Morgan fingerprint density at radius 3 is 2.76 bits per heavy atom. The SMILES string of the molecule is COCCCNC(=S)NCCc1ccc2c(c1)OCCO2. The summed E-state index contributed by atoms with van der Waals surface area (Å²) in [4.78, 5) is 0. The molecule has 0 fully saturated rings. The van der Waals surface area contributed by atoms with Crippen LogP contribution in [0.15, 0.2) is 18.2 Å². The van der Waals surface area contributed by atoms with Gasteiger partial charge in [-0.15, -0.1) is 0 Å². The first kappa shape index (κ1) is 15.9. The van der Waals surface area contributed by atoms with E-state index < -0.39 is 0 Å². The van der Waals surface area contributed by atoms with E-state index in [-0.39, 0.29) is 0 Å². The zero-order valence-corrected chi connectivity index (χ0v) is 13.1. The third kappa shape index (κ3) is 5.40. The molecule has 1 aromatic carbocycles. The molecule has 0 aromatic heterocycles. The van der Waals surface area contributed by atoms with Gasteiger partial charge in [0.05, 0.1) is 0 Å². The standard InChI is InChI=1S/C15H22N2O3S/c1-18-8-2-6-16-15(21)17-7-5-12-3-4-13-14(11-12)20-10-9-19-13/h3-4,11H,2,5-10H2,1H3,(H2,16,17,21). The summed E-state index contributed by atoms with van der Waals surface area (Å²) < 4.78 is 16.1. The van der Waals surface area contributed by atoms with Crippen LogP contribution in [0.2, 0.25) is 0 Å². The number of hydrogen-bond acceptors (Lipinski definition) is 4. The number of benzene rings is 1. The van der Waals surface area contributed by atoms with Crippen LogP contribution < -0.4 is 20.1 Å². The monoisotopic (exact) mass is 310 g/mol. The van der Waals surface area contributed by atoms with Crippen molar-refractivity contribution in [3.05, 3.63) is 23.8 Å². The number of fused-ring (bicyclic) bond motifs is 1. The molecule has 0 aliphatic carbocycles. The number of methoxy groups -OCH3 is 1. The minimum absolute atomic E-state index is 0.615. The zero-order chi connectivity index (χ0) is 14.9. The Labute approximate surface area is 131 Å². The molecular weight excluding hydrogens is 288 g/mol. The van der Waals surface area contributed by atoms with Crippen LogP contribution in [0, 0.1) is 0 Å². The second kappa shape index (κ2) is 8.69. The summed E-state index contributed by atoms with van der Waals surface area (Å²) in [6, 6.07) is 6.06. The topological polar surface area (TPSA) is 51.8 Å². The minimum Gasteiger partial charge on any atom is -0.486 e. The van der Waals surface area contributed by atoms with Crippen LogP contribution in [-0.4, -0.2) is 45.1 Å². The molecule has 116 valence electrons. The molecular formula is C15H22N2O3S. The maximum atomic E-state index is 5.57. The molecule has 1 aromatic rings. The molecule has 0 saturated heterocycles. The quantitative estimate of drug-likeness (QED) is 0.588. The summed E-state index contributed by atoms with van der Waals surface area (Å²) in [6.07, 6.45) is 1.83. The molecule has 2 rings (SSSR count). The van der Waals surface area contributed by atoms with Crippen molar-refractivity contribution in [1.29, 1.82) is 0 Å². The smallest absolute Gasteiger partial charge is 0.166 e. The molecule has 5 nitrogen and oxygen atoms in total. The highest BCUT2D eigenvalue weighted by molar-refractivity contribution is 7.80. The van der Waals surface area contributed by atoms with Crippen molar-refractivity contribution in [1.82, 2.24) is 10.6 Å². The summed E-state index contributed by atoms with van der Waals surface area (Å²) in [5.74, 6) is 1.66. The van der Waals surface area contributed by atoms with Gasteiger partial charge >= 0.3 is 0 Å². The third-order valence-electron chi connectivity index (χ3n) is 3.12. The van der Waals surface area contributed by atoms with Crippen molar-refractivity contribution in [2.45, 2.75) is 12.8 Å². The van der Waals surface area contributed by atoms with E-state index in [9.17, 15) is 0 Å². The van der Waals surface area contributed by atoms with Crippen LogP contribution in [0.3, 0.4) is 0 Å². The Balaban J connectivity index is 1.67. The van der Waals surface area contributed by atoms with Gasteiger partial charge in [-0.3, -0.25) is 0 Å². The second-order valence-electron chi connectivity index (χ2n) is 4.76. The highest BCUT2D eigenvalue weighted by atomic mass is 32.1. The lowest BCUT2D eigenvalue weighted by atomic mass is 10.1. The number of rotatable bonds is 7. The lowest BCUT2D eigenvalue weighted by molar-refractivity contribution is 0.171. The molecule has 0 bridgehead atoms. The van der Waals surface area contributed by atoms with E-state index in [4.69, 9.17) is 26.4 Å². The largest absolute Gasteiger partial charge is 0.486 e. The predicted molar refractivity (Wildman–Crippen MR) is 86.2 cm³/mol. The van der Waals surface area contributed by atoms with E-state index in [1.54, 1.807) is 7.11 Å².